The van der Waals surface area contributed by atoms with Crippen LogP contribution in [-0.2, 0) is 14.4 Å². The second-order valence-electron chi connectivity index (χ2n) is 6.15. The smallest absolute Gasteiger partial charge is 0.338 e. The number of aryl methyl sites for hydroxylation is 1. The molecular formula is C17H18N2O7. The Morgan fingerprint density at radius 2 is 2.04 bits per heavy atom. The number of benzene rings is 1. The lowest BCUT2D eigenvalue weighted by molar-refractivity contribution is -0.409. The van der Waals surface area contributed by atoms with E-state index in [9.17, 15) is 19.6 Å². The SMILES string of the molecule is Cc1cn([C@H]2C[C@H](OC(=O)c3ccccc3)[C@](C)(OO)O2)c(=O)[nH]c1=O. The average Bonchev–Trinajstić information content (AvgIpc) is 2.96. The second kappa shape index (κ2) is 6.87. The molecular weight excluding hydrogens is 344 g/mol. The molecule has 26 heavy (non-hydrogen) atoms. The number of hydrogen-bond donors (Lipinski definition) is 2. The normalized spacial score (nSPS) is 25.2. The Hall–Kier alpha value is -2.75. The maximum Gasteiger partial charge on any atom is 0.338 e. The van der Waals surface area contributed by atoms with Crippen molar-refractivity contribution in [3.8, 4) is 0 Å². The number of hydrogen-bond acceptors (Lipinski definition) is 7. The van der Waals surface area contributed by atoms with E-state index < -0.39 is 35.3 Å². The monoisotopic (exact) mass is 362 g/mol. The molecule has 3 atom stereocenters. The zero-order chi connectivity index (χ0) is 18.9. The van der Waals surface area contributed by atoms with Crippen LogP contribution in [0, 0.1) is 6.92 Å². The van der Waals surface area contributed by atoms with E-state index in [-0.39, 0.29) is 6.42 Å². The minimum atomic E-state index is -1.67. The number of esters is 1. The number of carbonyl (C=O) groups is 1. The van der Waals surface area contributed by atoms with Gasteiger partial charge in [-0.25, -0.2) is 14.8 Å². The molecule has 138 valence electrons. The first kappa shape index (κ1) is 18.1. The summed E-state index contributed by atoms with van der Waals surface area (Å²) in [5.74, 6) is -2.29. The predicted octanol–water partition coefficient (Wildman–Crippen LogP) is 1.20. The third kappa shape index (κ3) is 3.32. The Kier molecular flexibility index (Phi) is 4.77. The van der Waals surface area contributed by atoms with Crippen LogP contribution in [0.4, 0.5) is 0 Å². The van der Waals surface area contributed by atoms with E-state index in [2.05, 4.69) is 9.87 Å². The van der Waals surface area contributed by atoms with Gasteiger partial charge in [0.25, 0.3) is 5.56 Å². The molecule has 1 saturated heterocycles. The summed E-state index contributed by atoms with van der Waals surface area (Å²) >= 11 is 0. The van der Waals surface area contributed by atoms with Crippen molar-refractivity contribution >= 4 is 5.97 Å². The molecule has 1 fully saturated rings. The van der Waals surface area contributed by atoms with E-state index in [1.54, 1.807) is 37.3 Å². The molecule has 1 aliphatic rings. The van der Waals surface area contributed by atoms with Crippen LogP contribution in [0.3, 0.4) is 0 Å². The number of H-pyrrole nitrogens is 1. The number of ether oxygens (including phenoxy) is 2. The molecule has 0 aliphatic carbocycles. The standard InChI is InChI=1S/C17H18N2O7/c1-10-9-19(16(22)18-14(10)20)13-8-12(17(2,25-13)26-23)24-15(21)11-6-4-3-5-7-11/h3-7,9,12-13,23H,8H2,1-2H3,(H,18,20,22)/t12-,13+,17-/m0/s1. The summed E-state index contributed by atoms with van der Waals surface area (Å²) in [6.45, 7) is 2.93. The molecule has 2 N–H and O–H groups in total. The Balaban J connectivity index is 1.86. The van der Waals surface area contributed by atoms with Crippen molar-refractivity contribution in [2.45, 2.75) is 38.4 Å². The van der Waals surface area contributed by atoms with E-state index >= 15 is 0 Å². The summed E-state index contributed by atoms with van der Waals surface area (Å²) in [5.41, 5.74) is -0.545. The van der Waals surface area contributed by atoms with Crippen LogP contribution in [0.25, 0.3) is 0 Å². The van der Waals surface area contributed by atoms with E-state index in [1.165, 1.54) is 13.1 Å². The first-order valence-corrected chi connectivity index (χ1v) is 7.92. The highest BCUT2D eigenvalue weighted by atomic mass is 17.1. The minimum Gasteiger partial charge on any atom is -0.453 e. The van der Waals surface area contributed by atoms with Gasteiger partial charge in [-0.15, -0.1) is 0 Å². The lowest BCUT2D eigenvalue weighted by atomic mass is 10.1. The van der Waals surface area contributed by atoms with E-state index in [0.717, 1.165) is 4.57 Å². The summed E-state index contributed by atoms with van der Waals surface area (Å²) in [5, 5.41) is 9.25. The number of rotatable bonds is 4. The average molecular weight is 362 g/mol. The third-order valence-electron chi connectivity index (χ3n) is 4.27. The Labute approximate surface area is 147 Å². The fraction of sp³-hybridized carbons (Fsp3) is 0.353. The molecule has 0 bridgehead atoms. The highest BCUT2D eigenvalue weighted by molar-refractivity contribution is 5.89. The van der Waals surface area contributed by atoms with Crippen molar-refractivity contribution < 1.29 is 24.4 Å². The predicted molar refractivity (Wildman–Crippen MR) is 88.6 cm³/mol. The molecule has 0 radical (unpaired) electrons. The minimum absolute atomic E-state index is 0.0427. The molecule has 9 heteroatoms. The van der Waals surface area contributed by atoms with Crippen molar-refractivity contribution in [2.75, 3.05) is 0 Å². The Morgan fingerprint density at radius 3 is 2.69 bits per heavy atom. The van der Waals surface area contributed by atoms with Gasteiger partial charge in [0.15, 0.2) is 6.10 Å². The molecule has 2 aromatic rings. The fourth-order valence-electron chi connectivity index (χ4n) is 2.77. The van der Waals surface area contributed by atoms with E-state index in [4.69, 9.17) is 9.47 Å². The van der Waals surface area contributed by atoms with Crippen molar-refractivity contribution in [3.05, 3.63) is 68.5 Å². The number of nitrogens with zero attached hydrogens (tertiary/aromatic N) is 1. The molecule has 0 saturated carbocycles. The molecule has 1 aromatic carbocycles. The number of aromatic amines is 1. The van der Waals surface area contributed by atoms with Gasteiger partial charge in [0.05, 0.1) is 5.56 Å². The highest BCUT2D eigenvalue weighted by Crippen LogP contribution is 2.38. The van der Waals surface area contributed by atoms with Gasteiger partial charge >= 0.3 is 11.7 Å². The van der Waals surface area contributed by atoms with Gasteiger partial charge in [0.2, 0.25) is 5.79 Å². The molecule has 0 unspecified atom stereocenters. The van der Waals surface area contributed by atoms with E-state index in [1.807, 2.05) is 0 Å². The first-order valence-electron chi connectivity index (χ1n) is 7.92. The molecule has 3 rings (SSSR count). The summed E-state index contributed by atoms with van der Waals surface area (Å²) in [6.07, 6.45) is -0.500. The van der Waals surface area contributed by atoms with Gasteiger partial charge in [0, 0.05) is 18.2 Å². The number of carbonyl (C=O) groups excluding carboxylic acids is 1. The van der Waals surface area contributed by atoms with Crippen LogP contribution < -0.4 is 11.2 Å². The van der Waals surface area contributed by atoms with Crippen molar-refractivity contribution in [1.82, 2.24) is 9.55 Å². The molecule has 1 aliphatic heterocycles. The van der Waals surface area contributed by atoms with Crippen LogP contribution in [0.1, 0.15) is 35.5 Å². The van der Waals surface area contributed by atoms with Crippen LogP contribution in [0.2, 0.25) is 0 Å². The molecule has 0 amide bonds. The highest BCUT2D eigenvalue weighted by Gasteiger charge is 2.50. The third-order valence-corrected chi connectivity index (χ3v) is 4.27. The molecule has 2 heterocycles. The quantitative estimate of drug-likeness (QED) is 0.476. The largest absolute Gasteiger partial charge is 0.453 e. The van der Waals surface area contributed by atoms with E-state index in [0.29, 0.717) is 11.1 Å². The summed E-state index contributed by atoms with van der Waals surface area (Å²) in [7, 11) is 0. The zero-order valence-corrected chi connectivity index (χ0v) is 14.2. The van der Waals surface area contributed by atoms with Crippen LogP contribution >= 0.6 is 0 Å². The van der Waals surface area contributed by atoms with Gasteiger partial charge in [-0.1, -0.05) is 18.2 Å². The van der Waals surface area contributed by atoms with Crippen LogP contribution in [0.5, 0.6) is 0 Å². The molecule has 0 spiro atoms. The van der Waals surface area contributed by atoms with Gasteiger partial charge in [-0.2, -0.15) is 4.89 Å². The van der Waals surface area contributed by atoms with Gasteiger partial charge < -0.3 is 9.47 Å². The van der Waals surface area contributed by atoms with Gasteiger partial charge in [0.1, 0.15) is 6.23 Å². The zero-order valence-electron chi connectivity index (χ0n) is 14.2. The lowest BCUT2D eigenvalue weighted by Crippen LogP contribution is -2.41. The lowest BCUT2D eigenvalue weighted by Gasteiger charge is -2.26. The van der Waals surface area contributed by atoms with Crippen molar-refractivity contribution in [3.63, 3.8) is 0 Å². The van der Waals surface area contributed by atoms with Crippen molar-refractivity contribution in [1.29, 1.82) is 0 Å². The van der Waals surface area contributed by atoms with Crippen LogP contribution in [0.15, 0.2) is 46.1 Å². The summed E-state index contributed by atoms with van der Waals surface area (Å²) in [4.78, 5) is 42.4. The Morgan fingerprint density at radius 1 is 1.35 bits per heavy atom. The maximum atomic E-state index is 12.3. The summed E-state index contributed by atoms with van der Waals surface area (Å²) < 4.78 is 12.2. The van der Waals surface area contributed by atoms with Crippen molar-refractivity contribution in [2.24, 2.45) is 0 Å². The topological polar surface area (TPSA) is 120 Å². The maximum absolute atomic E-state index is 12.3. The fourth-order valence-corrected chi connectivity index (χ4v) is 2.77. The number of aromatic nitrogens is 2. The van der Waals surface area contributed by atoms with Gasteiger partial charge in [-0.3, -0.25) is 14.3 Å². The van der Waals surface area contributed by atoms with Gasteiger partial charge in [-0.05, 0) is 26.0 Å². The number of nitrogens with one attached hydrogen (secondary N) is 1. The molecule has 9 nitrogen and oxygen atoms in total. The molecule has 1 aromatic heterocycles. The second-order valence-corrected chi connectivity index (χ2v) is 6.15. The Bertz CT molecular complexity index is 921. The summed E-state index contributed by atoms with van der Waals surface area (Å²) in [6, 6.07) is 8.31. The van der Waals surface area contributed by atoms with Crippen LogP contribution in [-0.4, -0.2) is 32.7 Å². The first-order chi connectivity index (χ1) is 12.3.